The van der Waals surface area contributed by atoms with Crippen molar-refractivity contribution in [3.05, 3.63) is 41.5 Å². The Hall–Kier alpha value is -4.47. The van der Waals surface area contributed by atoms with Gasteiger partial charge in [0.1, 0.15) is 17.2 Å². The number of carbonyl (C=O) groups excluding carboxylic acids is 1. The molecule has 0 spiro atoms. The summed E-state index contributed by atoms with van der Waals surface area (Å²) in [5.74, 6) is 0.268. The van der Waals surface area contributed by atoms with Gasteiger partial charge in [-0.1, -0.05) is 0 Å². The van der Waals surface area contributed by atoms with Crippen molar-refractivity contribution in [3.8, 4) is 17.2 Å². The zero-order chi connectivity index (χ0) is 34.5. The first-order valence-corrected chi connectivity index (χ1v) is 15.9. The Balaban J connectivity index is 1.47. The van der Waals surface area contributed by atoms with E-state index in [0.717, 1.165) is 4.68 Å². The number of rotatable bonds is 5. The molecule has 1 aromatic carbocycles. The van der Waals surface area contributed by atoms with Gasteiger partial charge in [0.25, 0.3) is 0 Å². The molecule has 12 nitrogen and oxygen atoms in total. The number of hydrogen-bond donors (Lipinski definition) is 1. The number of aryl methyl sites for hydroxylation is 1. The fraction of sp³-hybridized carbons (Fsp3) is 0.531. The van der Waals surface area contributed by atoms with Crippen LogP contribution in [0.5, 0.6) is 0 Å². The maximum absolute atomic E-state index is 15.1. The van der Waals surface area contributed by atoms with Gasteiger partial charge in [-0.2, -0.15) is 23.3 Å². The Kier molecular flexibility index (Phi) is 8.72. The van der Waals surface area contributed by atoms with Gasteiger partial charge in [-0.05, 0) is 59.6 Å². The number of amides is 1. The summed E-state index contributed by atoms with van der Waals surface area (Å²) in [5.41, 5.74) is -0.799. The quantitative estimate of drug-likeness (QED) is 0.256. The van der Waals surface area contributed by atoms with Gasteiger partial charge >= 0.3 is 12.3 Å². The highest BCUT2D eigenvalue weighted by atomic mass is 19.4. The number of halogens is 4. The van der Waals surface area contributed by atoms with Gasteiger partial charge in [0.15, 0.2) is 5.69 Å². The van der Waals surface area contributed by atoms with Crippen molar-refractivity contribution in [2.45, 2.75) is 71.3 Å². The van der Waals surface area contributed by atoms with Gasteiger partial charge in [0.05, 0.1) is 53.3 Å². The summed E-state index contributed by atoms with van der Waals surface area (Å²) in [6, 6.07) is 4.89. The molecule has 258 valence electrons. The summed E-state index contributed by atoms with van der Waals surface area (Å²) in [6.45, 7) is 10.5. The number of hydrogen-bond acceptors (Lipinski definition) is 9. The number of nitrogens with zero attached hydrogens (tertiary/aromatic N) is 8. The molecule has 1 atom stereocenters. The second kappa shape index (κ2) is 12.5. The third kappa shape index (κ3) is 6.49. The van der Waals surface area contributed by atoms with E-state index in [9.17, 15) is 9.18 Å². The van der Waals surface area contributed by atoms with Crippen molar-refractivity contribution in [1.29, 1.82) is 0 Å². The van der Waals surface area contributed by atoms with E-state index in [2.05, 4.69) is 15.4 Å². The normalized spacial score (nSPS) is 18.1. The number of fused-ring (bicyclic) bond motifs is 1. The number of ether oxygens (including phenoxy) is 2. The van der Waals surface area contributed by atoms with Crippen LogP contribution in [-0.4, -0.2) is 91.8 Å². The lowest BCUT2D eigenvalue weighted by atomic mass is 10.0. The Morgan fingerprint density at radius 3 is 2.44 bits per heavy atom. The molecule has 2 aliphatic heterocycles. The molecule has 0 aliphatic carbocycles. The highest BCUT2D eigenvalue weighted by Crippen LogP contribution is 2.42. The van der Waals surface area contributed by atoms with Crippen LogP contribution >= 0.6 is 0 Å². The van der Waals surface area contributed by atoms with Crippen molar-refractivity contribution < 1.29 is 31.8 Å². The molecule has 2 fully saturated rings. The first-order chi connectivity index (χ1) is 22.6. The van der Waals surface area contributed by atoms with Crippen LogP contribution in [0.3, 0.4) is 0 Å². The summed E-state index contributed by atoms with van der Waals surface area (Å²) in [7, 11) is 1.63. The average molecular weight is 674 g/mol. The monoisotopic (exact) mass is 673 g/mol. The zero-order valence-corrected chi connectivity index (χ0v) is 27.7. The summed E-state index contributed by atoms with van der Waals surface area (Å²) in [4.78, 5) is 30.1. The molecule has 1 amide bonds. The smallest absolute Gasteiger partial charge is 0.433 e. The topological polar surface area (TPSA) is 115 Å². The number of carbonyl (C=O) groups is 1. The van der Waals surface area contributed by atoms with Gasteiger partial charge in [-0.15, -0.1) is 0 Å². The van der Waals surface area contributed by atoms with Crippen molar-refractivity contribution in [2.24, 2.45) is 0 Å². The first kappa shape index (κ1) is 33.4. The van der Waals surface area contributed by atoms with Crippen LogP contribution in [0.2, 0.25) is 0 Å². The van der Waals surface area contributed by atoms with Gasteiger partial charge in [0.2, 0.25) is 11.9 Å². The molecule has 0 unspecified atom stereocenters. The number of benzene rings is 1. The fourth-order valence-corrected chi connectivity index (χ4v) is 6.30. The average Bonchev–Trinajstić information content (AvgIpc) is 3.57. The molecule has 4 aromatic rings. The van der Waals surface area contributed by atoms with Crippen LogP contribution in [-0.2, 0) is 15.7 Å². The lowest BCUT2D eigenvalue weighted by molar-refractivity contribution is -0.144. The number of aromatic nitrogens is 6. The molecular weight excluding hydrogens is 634 g/mol. The van der Waals surface area contributed by atoms with E-state index in [1.807, 2.05) is 11.8 Å². The zero-order valence-electron chi connectivity index (χ0n) is 27.7. The molecule has 6 rings (SSSR count). The van der Waals surface area contributed by atoms with Gasteiger partial charge in [-0.3, -0.25) is 4.68 Å². The molecule has 16 heteroatoms. The largest absolute Gasteiger partial charge is 0.444 e. The number of likely N-dealkylation sites (tertiary alicyclic amines) is 1. The second-order valence-electron chi connectivity index (χ2n) is 13.1. The van der Waals surface area contributed by atoms with E-state index in [0.29, 0.717) is 36.6 Å². The highest BCUT2D eigenvalue weighted by molar-refractivity contribution is 5.81. The molecule has 2 saturated heterocycles. The summed E-state index contributed by atoms with van der Waals surface area (Å²) >= 11 is 0. The number of imidazole rings is 1. The Morgan fingerprint density at radius 2 is 1.79 bits per heavy atom. The SMILES string of the molecule is CNc1nc2cc(F)ccc2n1-c1nc(-c2c(C)nn(C3CCN(C(=O)OC(C)(C)C)CC3)c2C(F)(F)F)cc(N2CCOC[C@H]2C)n1. The molecule has 0 bridgehead atoms. The molecule has 48 heavy (non-hydrogen) atoms. The molecule has 3 aromatic heterocycles. The fourth-order valence-electron chi connectivity index (χ4n) is 6.30. The Morgan fingerprint density at radius 1 is 1.06 bits per heavy atom. The van der Waals surface area contributed by atoms with E-state index in [1.54, 1.807) is 38.5 Å². The number of morpholine rings is 1. The van der Waals surface area contributed by atoms with Crippen LogP contribution in [0.15, 0.2) is 24.3 Å². The predicted molar refractivity (Wildman–Crippen MR) is 171 cm³/mol. The predicted octanol–water partition coefficient (Wildman–Crippen LogP) is 5.98. The van der Waals surface area contributed by atoms with E-state index in [-0.39, 0.29) is 60.8 Å². The lowest BCUT2D eigenvalue weighted by Crippen LogP contribution is -2.44. The minimum Gasteiger partial charge on any atom is -0.444 e. The number of nitrogens with one attached hydrogen (secondary N) is 1. The summed E-state index contributed by atoms with van der Waals surface area (Å²) in [5, 5.41) is 7.41. The highest BCUT2D eigenvalue weighted by Gasteiger charge is 2.43. The van der Waals surface area contributed by atoms with Crippen LogP contribution in [0.25, 0.3) is 28.2 Å². The van der Waals surface area contributed by atoms with E-state index in [4.69, 9.17) is 19.4 Å². The van der Waals surface area contributed by atoms with Crippen LogP contribution < -0.4 is 10.2 Å². The first-order valence-electron chi connectivity index (χ1n) is 15.9. The summed E-state index contributed by atoms with van der Waals surface area (Å²) in [6.07, 6.45) is -4.76. The van der Waals surface area contributed by atoms with E-state index in [1.165, 1.54) is 30.0 Å². The van der Waals surface area contributed by atoms with Gasteiger partial charge < -0.3 is 24.6 Å². The standard InChI is InChI=1S/C32H39F4N9O3/c1-18-17-47-14-13-43(18)25-16-23(39-29(40-25)44-24-8-7-20(33)15-22(24)38-28(44)37-6)26-19(2)41-45(27(26)32(34,35)36)21-9-11-42(12-10-21)30(46)48-31(3,4)5/h7-8,15-16,18,21H,9-14,17H2,1-6H3,(H,37,38)/t18-/m1/s1. The Labute approximate surface area is 275 Å². The second-order valence-corrected chi connectivity index (χ2v) is 13.1. The number of alkyl halides is 3. The molecule has 1 N–H and O–H groups in total. The molecule has 5 heterocycles. The third-order valence-electron chi connectivity index (χ3n) is 8.47. The molecular formula is C32H39F4N9O3. The minimum atomic E-state index is -4.79. The van der Waals surface area contributed by atoms with Crippen molar-refractivity contribution in [2.75, 3.05) is 50.1 Å². The lowest BCUT2D eigenvalue weighted by Gasteiger charge is -2.34. The molecule has 0 saturated carbocycles. The van der Waals surface area contributed by atoms with Crippen molar-refractivity contribution in [3.63, 3.8) is 0 Å². The third-order valence-corrected chi connectivity index (χ3v) is 8.47. The van der Waals surface area contributed by atoms with Crippen LogP contribution in [0, 0.1) is 12.7 Å². The maximum Gasteiger partial charge on any atom is 0.433 e. The van der Waals surface area contributed by atoms with Gasteiger partial charge in [-0.25, -0.2) is 23.7 Å². The summed E-state index contributed by atoms with van der Waals surface area (Å²) < 4.78 is 73.2. The van der Waals surface area contributed by atoms with Crippen LogP contribution in [0.1, 0.15) is 58.0 Å². The van der Waals surface area contributed by atoms with Crippen LogP contribution in [0.4, 0.5) is 34.1 Å². The maximum atomic E-state index is 15.1. The number of anilines is 2. The Bertz CT molecular complexity index is 1820. The minimum absolute atomic E-state index is 0.0296. The van der Waals surface area contributed by atoms with Crippen molar-refractivity contribution >= 4 is 28.9 Å². The molecule has 2 aliphatic rings. The van der Waals surface area contributed by atoms with E-state index >= 15 is 13.2 Å². The number of piperidine rings is 1. The molecule has 0 radical (unpaired) electrons. The van der Waals surface area contributed by atoms with Gasteiger partial charge in [0, 0.05) is 38.8 Å². The van der Waals surface area contributed by atoms with E-state index < -0.39 is 35.4 Å². The van der Waals surface area contributed by atoms with Crippen molar-refractivity contribution in [1.82, 2.24) is 34.2 Å².